The van der Waals surface area contributed by atoms with Crippen LogP contribution in [0.5, 0.6) is 0 Å². The zero-order valence-electron chi connectivity index (χ0n) is 20.6. The Bertz CT molecular complexity index is 2600. The normalized spacial score (nSPS) is 11.9. The van der Waals surface area contributed by atoms with Gasteiger partial charge < -0.3 is 8.80 Å². The molecular weight excluding hydrogens is 492 g/mol. The minimum absolute atomic E-state index is 0.561. The molecule has 9 aromatic rings. The molecule has 4 heterocycles. The van der Waals surface area contributed by atoms with Crippen molar-refractivity contribution in [3.63, 3.8) is 0 Å². The lowest BCUT2D eigenvalue weighted by atomic mass is 9.97. The number of fused-ring (bicyclic) bond motifs is 14. The van der Waals surface area contributed by atoms with Gasteiger partial charge in [0.25, 0.3) is 0 Å². The molecule has 178 valence electrons. The van der Waals surface area contributed by atoms with E-state index in [1.807, 2.05) is 72.8 Å². The average molecular weight is 505 g/mol. The molecule has 4 aromatic heterocycles. The summed E-state index contributed by atoms with van der Waals surface area (Å²) in [7, 11) is 0. The standard InChI is InChI=1S/C34H12N6/c1-37-19-6-10-26-24(13-19)32-30-22-8-5-20(38-2)14-28(22)40-25-9-4-17(15-35)11-23(25)31(33(30)40)29-21-7-3-18(16-36)12-27(21)39(26)34(29)32/h3-14H. The van der Waals surface area contributed by atoms with Crippen LogP contribution in [-0.4, -0.2) is 8.80 Å². The lowest BCUT2D eigenvalue weighted by Gasteiger charge is -2.03. The number of nitriles is 2. The molecular formula is C34H12N6. The van der Waals surface area contributed by atoms with Crippen molar-refractivity contribution in [3.8, 4) is 12.1 Å². The molecule has 0 aliphatic heterocycles. The van der Waals surface area contributed by atoms with Gasteiger partial charge in [0.15, 0.2) is 11.4 Å². The average Bonchev–Trinajstić information content (AvgIpc) is 3.71. The van der Waals surface area contributed by atoms with E-state index in [2.05, 4.69) is 30.6 Å². The third kappa shape index (κ3) is 2.15. The number of aromatic nitrogens is 2. The molecule has 40 heavy (non-hydrogen) atoms. The first-order chi connectivity index (χ1) is 19.7. The highest BCUT2D eigenvalue weighted by Gasteiger charge is 2.28. The van der Waals surface area contributed by atoms with Crippen LogP contribution in [0.15, 0.2) is 72.8 Å². The van der Waals surface area contributed by atoms with Crippen LogP contribution >= 0.6 is 0 Å². The predicted octanol–water partition coefficient (Wildman–Crippen LogP) is 8.83. The van der Waals surface area contributed by atoms with Gasteiger partial charge in [0.1, 0.15) is 0 Å². The fourth-order valence-electron chi connectivity index (χ4n) is 6.93. The molecule has 5 aromatic carbocycles. The van der Waals surface area contributed by atoms with Crippen LogP contribution in [0, 0.1) is 35.8 Å². The highest BCUT2D eigenvalue weighted by Crippen LogP contribution is 2.52. The van der Waals surface area contributed by atoms with E-state index in [4.69, 9.17) is 13.1 Å². The van der Waals surface area contributed by atoms with Gasteiger partial charge in [-0.2, -0.15) is 10.5 Å². The van der Waals surface area contributed by atoms with Crippen LogP contribution < -0.4 is 0 Å². The van der Waals surface area contributed by atoms with Crippen molar-refractivity contribution in [3.05, 3.63) is 107 Å². The molecule has 6 heteroatoms. The summed E-state index contributed by atoms with van der Waals surface area (Å²) in [5, 5.41) is 27.8. The summed E-state index contributed by atoms with van der Waals surface area (Å²) in [6, 6.07) is 27.8. The first kappa shape index (κ1) is 20.7. The summed E-state index contributed by atoms with van der Waals surface area (Å²) >= 11 is 0. The fraction of sp³-hybridized carbons (Fsp3) is 0. The predicted molar refractivity (Wildman–Crippen MR) is 158 cm³/mol. The van der Waals surface area contributed by atoms with E-state index in [1.54, 1.807) is 0 Å². The van der Waals surface area contributed by atoms with Gasteiger partial charge in [0, 0.05) is 43.2 Å². The summed E-state index contributed by atoms with van der Waals surface area (Å²) in [5.74, 6) is 0. The lowest BCUT2D eigenvalue weighted by Crippen LogP contribution is -1.81. The van der Waals surface area contributed by atoms with Gasteiger partial charge >= 0.3 is 0 Å². The maximum atomic E-state index is 9.79. The van der Waals surface area contributed by atoms with Crippen molar-refractivity contribution < 1.29 is 0 Å². The molecule has 0 bridgehead atoms. The van der Waals surface area contributed by atoms with Crippen molar-refractivity contribution in [2.45, 2.75) is 0 Å². The van der Waals surface area contributed by atoms with Gasteiger partial charge in [-0.25, -0.2) is 9.69 Å². The molecule has 9 rings (SSSR count). The Morgan fingerprint density at radius 2 is 0.975 bits per heavy atom. The molecule has 0 atom stereocenters. The third-order valence-electron chi connectivity index (χ3n) is 8.41. The number of nitrogens with zero attached hydrogens (tertiary/aromatic N) is 6. The second-order valence-corrected chi connectivity index (χ2v) is 10.2. The monoisotopic (exact) mass is 504 g/mol. The molecule has 0 saturated carbocycles. The van der Waals surface area contributed by atoms with Gasteiger partial charge in [-0.15, -0.1) is 0 Å². The van der Waals surface area contributed by atoms with Gasteiger partial charge in [0.2, 0.25) is 0 Å². The molecule has 0 unspecified atom stereocenters. The molecule has 0 saturated heterocycles. The maximum Gasteiger partial charge on any atom is 0.189 e. The van der Waals surface area contributed by atoms with E-state index >= 15 is 0 Å². The van der Waals surface area contributed by atoms with E-state index in [0.717, 1.165) is 76.2 Å². The first-order valence-electron chi connectivity index (χ1n) is 12.6. The van der Waals surface area contributed by atoms with Gasteiger partial charge in [-0.3, -0.25) is 0 Å². The molecule has 0 aliphatic rings. The Balaban J connectivity index is 1.75. The van der Waals surface area contributed by atoms with Crippen LogP contribution in [0.2, 0.25) is 0 Å². The van der Waals surface area contributed by atoms with E-state index in [9.17, 15) is 10.5 Å². The summed E-state index contributed by atoms with van der Waals surface area (Å²) in [6.07, 6.45) is 0. The number of rotatable bonds is 0. The second-order valence-electron chi connectivity index (χ2n) is 10.2. The van der Waals surface area contributed by atoms with Crippen LogP contribution in [0.4, 0.5) is 11.4 Å². The van der Waals surface area contributed by atoms with E-state index in [0.29, 0.717) is 22.5 Å². The van der Waals surface area contributed by atoms with Crippen LogP contribution in [0.25, 0.3) is 85.9 Å². The van der Waals surface area contributed by atoms with Gasteiger partial charge in [-0.1, -0.05) is 24.3 Å². The molecule has 0 aliphatic carbocycles. The smallest absolute Gasteiger partial charge is 0.189 e. The fourth-order valence-corrected chi connectivity index (χ4v) is 6.93. The SMILES string of the molecule is [C-]#[N+]c1ccc2c(c1)c1c3c4ccc([N+]#[C-])cc4n4c5ccc(C#N)cc5c(c5c6ccc(C#N)cc6n2c51)c34. The quantitative estimate of drug-likeness (QED) is 0.194. The highest BCUT2D eigenvalue weighted by atomic mass is 14.9. The van der Waals surface area contributed by atoms with Crippen LogP contribution in [0.1, 0.15) is 11.1 Å². The number of benzene rings is 5. The summed E-state index contributed by atoms with van der Waals surface area (Å²) in [6.45, 7) is 15.4. The van der Waals surface area contributed by atoms with Crippen molar-refractivity contribution >= 4 is 87.6 Å². The summed E-state index contributed by atoms with van der Waals surface area (Å²) in [4.78, 5) is 7.44. The minimum Gasteiger partial charge on any atom is -0.309 e. The molecule has 0 fully saturated rings. The lowest BCUT2D eigenvalue weighted by molar-refractivity contribution is 1.36. The molecule has 0 spiro atoms. The summed E-state index contributed by atoms with van der Waals surface area (Å²) < 4.78 is 4.45. The largest absolute Gasteiger partial charge is 0.309 e. The maximum absolute atomic E-state index is 9.79. The van der Waals surface area contributed by atoms with Crippen molar-refractivity contribution in [2.24, 2.45) is 0 Å². The molecule has 0 amide bonds. The second kappa shape index (κ2) is 6.75. The number of hydrogen-bond donors (Lipinski definition) is 0. The van der Waals surface area contributed by atoms with E-state index < -0.39 is 0 Å². The zero-order valence-corrected chi connectivity index (χ0v) is 20.6. The van der Waals surface area contributed by atoms with Crippen molar-refractivity contribution in [2.75, 3.05) is 0 Å². The third-order valence-corrected chi connectivity index (χ3v) is 8.41. The van der Waals surface area contributed by atoms with Gasteiger partial charge in [-0.05, 0) is 53.9 Å². The van der Waals surface area contributed by atoms with Gasteiger partial charge in [0.05, 0.1) is 64.0 Å². The molecule has 0 radical (unpaired) electrons. The van der Waals surface area contributed by atoms with Crippen LogP contribution in [0.3, 0.4) is 0 Å². The highest BCUT2D eigenvalue weighted by molar-refractivity contribution is 6.45. The van der Waals surface area contributed by atoms with Crippen molar-refractivity contribution in [1.29, 1.82) is 10.5 Å². The summed E-state index contributed by atoms with van der Waals surface area (Å²) in [5.41, 5.74) is 8.17. The Kier molecular flexibility index (Phi) is 3.49. The minimum atomic E-state index is 0.561. The van der Waals surface area contributed by atoms with Crippen molar-refractivity contribution in [1.82, 2.24) is 8.80 Å². The Hall–Kier alpha value is -6.34. The van der Waals surface area contributed by atoms with Crippen LogP contribution in [-0.2, 0) is 0 Å². The Morgan fingerprint density at radius 3 is 1.62 bits per heavy atom. The van der Waals surface area contributed by atoms with E-state index in [-0.39, 0.29) is 0 Å². The Labute approximate surface area is 225 Å². The molecule has 0 N–H and O–H groups in total. The zero-order chi connectivity index (χ0) is 26.9. The van der Waals surface area contributed by atoms with E-state index in [1.165, 1.54) is 0 Å². The Morgan fingerprint density at radius 1 is 0.500 bits per heavy atom. The first-order valence-corrected chi connectivity index (χ1v) is 12.6. The number of hydrogen-bond acceptors (Lipinski definition) is 2. The molecule has 6 nitrogen and oxygen atoms in total. The topological polar surface area (TPSA) is 65.1 Å².